The highest BCUT2D eigenvalue weighted by molar-refractivity contribution is 5.88. The van der Waals surface area contributed by atoms with Crippen LogP contribution in [0.3, 0.4) is 0 Å². The van der Waals surface area contributed by atoms with Gasteiger partial charge in [0.2, 0.25) is 11.8 Å². The van der Waals surface area contributed by atoms with E-state index in [0.717, 1.165) is 12.1 Å². The third-order valence-electron chi connectivity index (χ3n) is 3.90. The molecule has 1 aromatic rings. The Balaban J connectivity index is 2.03. The van der Waals surface area contributed by atoms with Crippen molar-refractivity contribution in [1.82, 2.24) is 15.1 Å². The molecule has 1 atom stereocenters. The van der Waals surface area contributed by atoms with Crippen molar-refractivity contribution in [3.8, 4) is 0 Å². The predicted molar refractivity (Wildman–Crippen MR) is 83.0 cm³/mol. The quantitative estimate of drug-likeness (QED) is 0.765. The van der Waals surface area contributed by atoms with E-state index in [2.05, 4.69) is 5.32 Å². The number of carbonyl (C=O) groups excluding carboxylic acids is 2. The molecule has 1 aliphatic rings. The topological polar surface area (TPSA) is 72.9 Å². The van der Waals surface area contributed by atoms with Gasteiger partial charge in [0.1, 0.15) is 0 Å². The average molecular weight is 305 g/mol. The van der Waals surface area contributed by atoms with E-state index in [4.69, 9.17) is 5.11 Å². The normalized spacial score (nSPS) is 18.8. The molecule has 0 aliphatic carbocycles. The predicted octanol–water partition coefficient (Wildman–Crippen LogP) is -0.172. The Hall–Kier alpha value is -1.92. The van der Waals surface area contributed by atoms with Crippen molar-refractivity contribution < 1.29 is 14.7 Å². The number of nitrogens with zero attached hydrogens (tertiary/aromatic N) is 2. The second kappa shape index (κ2) is 7.91. The van der Waals surface area contributed by atoms with Crippen molar-refractivity contribution in [2.45, 2.75) is 19.0 Å². The minimum atomic E-state index is -0.456. The Bertz CT molecular complexity index is 507. The summed E-state index contributed by atoms with van der Waals surface area (Å²) in [5.74, 6) is -0.234. The van der Waals surface area contributed by atoms with Crippen molar-refractivity contribution in [2.75, 3.05) is 33.3 Å². The lowest BCUT2D eigenvalue weighted by molar-refractivity contribution is -0.138. The molecular formula is C16H23N3O3. The Morgan fingerprint density at radius 1 is 1.41 bits per heavy atom. The zero-order valence-electron chi connectivity index (χ0n) is 12.9. The fraction of sp³-hybridized carbons (Fsp3) is 0.500. The van der Waals surface area contributed by atoms with Gasteiger partial charge < -0.3 is 15.3 Å². The molecule has 0 spiro atoms. The van der Waals surface area contributed by atoms with Crippen LogP contribution in [-0.4, -0.2) is 66.1 Å². The molecule has 2 amide bonds. The van der Waals surface area contributed by atoms with Gasteiger partial charge in [0.25, 0.3) is 0 Å². The minimum absolute atomic E-state index is 0.0766. The lowest BCUT2D eigenvalue weighted by atomic mass is 10.1. The lowest BCUT2D eigenvalue weighted by Gasteiger charge is -2.35. The van der Waals surface area contributed by atoms with Gasteiger partial charge in [0.15, 0.2) is 0 Å². The largest absolute Gasteiger partial charge is 0.395 e. The van der Waals surface area contributed by atoms with Crippen LogP contribution in [0.1, 0.15) is 12.0 Å². The summed E-state index contributed by atoms with van der Waals surface area (Å²) in [6, 6.07) is 9.47. The van der Waals surface area contributed by atoms with Crippen molar-refractivity contribution in [1.29, 1.82) is 0 Å². The van der Waals surface area contributed by atoms with E-state index in [9.17, 15) is 9.59 Å². The van der Waals surface area contributed by atoms with Gasteiger partial charge in [-0.15, -0.1) is 0 Å². The lowest BCUT2D eigenvalue weighted by Crippen LogP contribution is -2.56. The monoisotopic (exact) mass is 305 g/mol. The fourth-order valence-corrected chi connectivity index (χ4v) is 2.59. The van der Waals surface area contributed by atoms with Gasteiger partial charge >= 0.3 is 0 Å². The first-order chi connectivity index (χ1) is 10.6. The summed E-state index contributed by atoms with van der Waals surface area (Å²) in [6.07, 6.45) is 0.134. The second-order valence-electron chi connectivity index (χ2n) is 5.51. The third kappa shape index (κ3) is 4.29. The molecule has 6 heteroatoms. The maximum atomic E-state index is 12.2. The minimum Gasteiger partial charge on any atom is -0.395 e. The van der Waals surface area contributed by atoms with Gasteiger partial charge in [0, 0.05) is 33.2 Å². The average Bonchev–Trinajstić information content (AvgIpc) is 2.52. The van der Waals surface area contributed by atoms with Crippen LogP contribution in [0.15, 0.2) is 30.3 Å². The fourth-order valence-electron chi connectivity index (χ4n) is 2.59. The molecule has 1 unspecified atom stereocenters. The van der Waals surface area contributed by atoms with Crippen molar-refractivity contribution in [3.05, 3.63) is 35.9 Å². The number of likely N-dealkylation sites (N-methyl/N-ethyl adjacent to an activating group) is 1. The van der Waals surface area contributed by atoms with Crippen LogP contribution >= 0.6 is 0 Å². The van der Waals surface area contributed by atoms with E-state index >= 15 is 0 Å². The number of hydrogen-bond acceptors (Lipinski definition) is 4. The van der Waals surface area contributed by atoms with Gasteiger partial charge in [-0.25, -0.2) is 0 Å². The van der Waals surface area contributed by atoms with E-state index in [-0.39, 0.29) is 31.4 Å². The first kappa shape index (κ1) is 16.5. The summed E-state index contributed by atoms with van der Waals surface area (Å²) in [5.41, 5.74) is 1.12. The summed E-state index contributed by atoms with van der Waals surface area (Å²) >= 11 is 0. The second-order valence-corrected chi connectivity index (χ2v) is 5.51. The highest BCUT2D eigenvalue weighted by atomic mass is 16.3. The summed E-state index contributed by atoms with van der Waals surface area (Å²) in [7, 11) is 1.64. The molecule has 0 bridgehead atoms. The smallest absolute Gasteiger partial charge is 0.237 e. The van der Waals surface area contributed by atoms with Crippen LogP contribution in [0.2, 0.25) is 0 Å². The summed E-state index contributed by atoms with van der Waals surface area (Å²) in [5, 5.41) is 11.7. The van der Waals surface area contributed by atoms with E-state index in [1.165, 1.54) is 4.90 Å². The van der Waals surface area contributed by atoms with Gasteiger partial charge in [0.05, 0.1) is 19.1 Å². The maximum absolute atomic E-state index is 12.2. The SMILES string of the molecule is CN(CCO)C(=O)CC1C(=O)NCCN1Cc1ccccc1. The third-order valence-corrected chi connectivity index (χ3v) is 3.90. The summed E-state index contributed by atoms with van der Waals surface area (Å²) in [6.45, 7) is 2.18. The molecule has 1 saturated heterocycles. The Labute approximate surface area is 130 Å². The number of nitrogens with one attached hydrogen (secondary N) is 1. The molecule has 2 N–H and O–H groups in total. The Kier molecular flexibility index (Phi) is 5.91. The molecule has 0 radical (unpaired) electrons. The van der Waals surface area contributed by atoms with Gasteiger partial charge in [-0.2, -0.15) is 0 Å². The number of benzene rings is 1. The number of carbonyl (C=O) groups is 2. The molecule has 1 heterocycles. The summed E-state index contributed by atoms with van der Waals surface area (Å²) < 4.78 is 0. The van der Waals surface area contributed by atoms with Gasteiger partial charge in [-0.3, -0.25) is 14.5 Å². The zero-order chi connectivity index (χ0) is 15.9. The number of amides is 2. The number of aliphatic hydroxyl groups is 1. The molecule has 0 aromatic heterocycles. The van der Waals surface area contributed by atoms with Crippen LogP contribution < -0.4 is 5.32 Å². The Morgan fingerprint density at radius 3 is 2.82 bits per heavy atom. The van der Waals surface area contributed by atoms with Crippen LogP contribution in [-0.2, 0) is 16.1 Å². The molecule has 1 aliphatic heterocycles. The van der Waals surface area contributed by atoms with Crippen LogP contribution in [0.4, 0.5) is 0 Å². The molecule has 0 saturated carbocycles. The van der Waals surface area contributed by atoms with Crippen molar-refractivity contribution in [2.24, 2.45) is 0 Å². The number of aliphatic hydroxyl groups excluding tert-OH is 1. The highest BCUT2D eigenvalue weighted by Gasteiger charge is 2.32. The summed E-state index contributed by atoms with van der Waals surface area (Å²) in [4.78, 5) is 27.8. The number of piperazine rings is 1. The van der Waals surface area contributed by atoms with Crippen molar-refractivity contribution >= 4 is 11.8 Å². The van der Waals surface area contributed by atoms with Crippen LogP contribution in [0, 0.1) is 0 Å². The standard InChI is InChI=1S/C16H23N3O3/c1-18(9-10-20)15(21)11-14-16(22)17-7-8-19(14)12-13-5-3-2-4-6-13/h2-6,14,20H,7-12H2,1H3,(H,17,22). The maximum Gasteiger partial charge on any atom is 0.237 e. The number of hydrogen-bond donors (Lipinski definition) is 2. The molecule has 120 valence electrons. The molecule has 1 aromatic carbocycles. The molecule has 22 heavy (non-hydrogen) atoms. The van der Waals surface area contributed by atoms with Gasteiger partial charge in [-0.05, 0) is 5.56 Å². The number of rotatable bonds is 6. The van der Waals surface area contributed by atoms with E-state index in [1.807, 2.05) is 35.2 Å². The first-order valence-electron chi connectivity index (χ1n) is 7.52. The molecule has 6 nitrogen and oxygen atoms in total. The molecular weight excluding hydrogens is 282 g/mol. The first-order valence-corrected chi connectivity index (χ1v) is 7.52. The van der Waals surface area contributed by atoms with Crippen molar-refractivity contribution in [3.63, 3.8) is 0 Å². The highest BCUT2D eigenvalue weighted by Crippen LogP contribution is 2.14. The van der Waals surface area contributed by atoms with E-state index in [1.54, 1.807) is 7.05 Å². The van der Waals surface area contributed by atoms with E-state index in [0.29, 0.717) is 13.1 Å². The van der Waals surface area contributed by atoms with Gasteiger partial charge in [-0.1, -0.05) is 30.3 Å². The molecule has 1 fully saturated rings. The Morgan fingerprint density at radius 2 is 2.14 bits per heavy atom. The zero-order valence-corrected chi connectivity index (χ0v) is 12.9. The molecule has 2 rings (SSSR count). The van der Waals surface area contributed by atoms with E-state index < -0.39 is 6.04 Å². The van der Waals surface area contributed by atoms with Crippen LogP contribution in [0.5, 0.6) is 0 Å². The van der Waals surface area contributed by atoms with Crippen LogP contribution in [0.25, 0.3) is 0 Å².